The van der Waals surface area contributed by atoms with Gasteiger partial charge in [-0.15, -0.1) is 0 Å². The Morgan fingerprint density at radius 3 is 2.43 bits per heavy atom. The van der Waals surface area contributed by atoms with Crippen LogP contribution in [0.1, 0.15) is 32.1 Å². The number of carbonyl (C=O) groups is 1. The van der Waals surface area contributed by atoms with Gasteiger partial charge < -0.3 is 9.88 Å². The fourth-order valence-electron chi connectivity index (χ4n) is 4.10. The first-order valence-corrected chi connectivity index (χ1v) is 10.1. The van der Waals surface area contributed by atoms with Crippen molar-refractivity contribution in [1.82, 2.24) is 4.57 Å². The summed E-state index contributed by atoms with van der Waals surface area (Å²) in [6.45, 7) is 0. The highest BCUT2D eigenvalue weighted by Crippen LogP contribution is 2.31. The fraction of sp³-hybridized carbons (Fsp3) is 0.304. The summed E-state index contributed by atoms with van der Waals surface area (Å²) in [4.78, 5) is 26.3. The highest BCUT2D eigenvalue weighted by atomic mass is 35.5. The smallest absolute Gasteiger partial charge is 0.228 e. The van der Waals surface area contributed by atoms with Gasteiger partial charge in [0.1, 0.15) is 5.82 Å². The molecule has 28 heavy (non-hydrogen) atoms. The number of halogens is 1. The Bertz CT molecular complexity index is 1080. The molecule has 2 aromatic carbocycles. The third-order valence-corrected chi connectivity index (χ3v) is 5.91. The molecule has 1 heterocycles. The highest BCUT2D eigenvalue weighted by Gasteiger charge is 2.24. The number of rotatable bonds is 3. The van der Waals surface area contributed by atoms with Crippen LogP contribution in [0, 0.1) is 5.92 Å². The number of pyridine rings is 1. The first kappa shape index (κ1) is 18.8. The van der Waals surface area contributed by atoms with Gasteiger partial charge in [-0.1, -0.05) is 55.1 Å². The molecule has 0 spiro atoms. The lowest BCUT2D eigenvalue weighted by Crippen LogP contribution is -2.28. The number of aryl methyl sites for hydroxylation is 1. The zero-order chi connectivity index (χ0) is 19.7. The van der Waals surface area contributed by atoms with Gasteiger partial charge in [0, 0.05) is 23.4 Å². The Hall–Kier alpha value is -2.59. The molecular formula is C23H23ClN2O2. The van der Waals surface area contributed by atoms with Crippen LogP contribution in [0.4, 0.5) is 5.82 Å². The number of nitrogens with one attached hydrogen (secondary N) is 1. The number of benzene rings is 2. The predicted octanol–water partition coefficient (Wildman–Crippen LogP) is 5.38. The van der Waals surface area contributed by atoms with Crippen molar-refractivity contribution >= 4 is 34.2 Å². The lowest BCUT2D eigenvalue weighted by atomic mass is 9.88. The van der Waals surface area contributed by atoms with Crippen LogP contribution in [-0.2, 0) is 11.8 Å². The molecule has 1 amide bonds. The average molecular weight is 395 g/mol. The lowest BCUT2D eigenvalue weighted by molar-refractivity contribution is -0.120. The largest absolute Gasteiger partial charge is 0.330 e. The Labute approximate surface area is 169 Å². The Balaban J connectivity index is 1.88. The molecule has 0 unspecified atom stereocenters. The average Bonchev–Trinajstić information content (AvgIpc) is 2.73. The first-order chi connectivity index (χ1) is 13.6. The summed E-state index contributed by atoms with van der Waals surface area (Å²) >= 11 is 6.04. The normalized spacial score (nSPS) is 14.9. The van der Waals surface area contributed by atoms with Gasteiger partial charge in [0.05, 0.1) is 11.1 Å². The molecule has 144 valence electrons. The SMILES string of the molecule is Cn1c(NC(=O)C2CCCCC2)c(-c2ccc(Cl)cc2)c(=O)c2ccccc21. The van der Waals surface area contributed by atoms with Gasteiger partial charge in [0.25, 0.3) is 0 Å². The minimum absolute atomic E-state index is 0.000180. The maximum atomic E-state index is 13.3. The molecule has 5 heteroatoms. The summed E-state index contributed by atoms with van der Waals surface area (Å²) in [5, 5.41) is 4.32. The predicted molar refractivity (Wildman–Crippen MR) is 115 cm³/mol. The van der Waals surface area contributed by atoms with E-state index in [1.807, 2.05) is 48.0 Å². The minimum Gasteiger partial charge on any atom is -0.330 e. The van der Waals surface area contributed by atoms with E-state index in [0.29, 0.717) is 21.8 Å². The molecule has 0 atom stereocenters. The second-order valence-corrected chi connectivity index (χ2v) is 7.90. The van der Waals surface area contributed by atoms with Crippen molar-refractivity contribution in [3.05, 3.63) is 63.8 Å². The molecule has 0 bridgehead atoms. The van der Waals surface area contributed by atoms with E-state index in [1.165, 1.54) is 6.42 Å². The summed E-state index contributed by atoms with van der Waals surface area (Å²) in [5.41, 5.74) is 1.95. The van der Waals surface area contributed by atoms with Crippen LogP contribution in [0.3, 0.4) is 0 Å². The van der Waals surface area contributed by atoms with Gasteiger partial charge in [0.2, 0.25) is 5.91 Å². The van der Waals surface area contributed by atoms with Crippen molar-refractivity contribution in [2.45, 2.75) is 32.1 Å². The molecule has 1 aliphatic carbocycles. The number of hydrogen-bond donors (Lipinski definition) is 1. The maximum Gasteiger partial charge on any atom is 0.228 e. The molecule has 1 N–H and O–H groups in total. The van der Waals surface area contributed by atoms with E-state index in [2.05, 4.69) is 5.32 Å². The van der Waals surface area contributed by atoms with E-state index in [1.54, 1.807) is 12.1 Å². The van der Waals surface area contributed by atoms with Crippen molar-refractivity contribution in [2.75, 3.05) is 5.32 Å². The third kappa shape index (κ3) is 3.45. The standard InChI is InChI=1S/C23H23ClN2O2/c1-26-19-10-6-5-9-18(19)21(27)20(15-11-13-17(24)14-12-15)22(26)25-23(28)16-7-3-2-4-8-16/h5-6,9-14,16H,2-4,7-8H2,1H3,(H,25,28). The van der Waals surface area contributed by atoms with Crippen molar-refractivity contribution in [3.8, 4) is 11.1 Å². The van der Waals surface area contributed by atoms with Gasteiger partial charge >= 0.3 is 0 Å². The second-order valence-electron chi connectivity index (χ2n) is 7.46. The molecule has 1 fully saturated rings. The molecule has 1 aromatic heterocycles. The van der Waals surface area contributed by atoms with E-state index >= 15 is 0 Å². The van der Waals surface area contributed by atoms with Gasteiger partial charge in [-0.3, -0.25) is 9.59 Å². The number of nitrogens with zero attached hydrogens (tertiary/aromatic N) is 1. The first-order valence-electron chi connectivity index (χ1n) is 9.75. The molecular weight excluding hydrogens is 372 g/mol. The summed E-state index contributed by atoms with van der Waals surface area (Å²) in [7, 11) is 1.89. The molecule has 1 saturated carbocycles. The van der Waals surface area contributed by atoms with E-state index in [9.17, 15) is 9.59 Å². The number of carbonyl (C=O) groups excluding carboxylic acids is 1. The lowest BCUT2D eigenvalue weighted by Gasteiger charge is -2.23. The zero-order valence-electron chi connectivity index (χ0n) is 15.9. The maximum absolute atomic E-state index is 13.3. The fourth-order valence-corrected chi connectivity index (χ4v) is 4.23. The summed E-state index contributed by atoms with van der Waals surface area (Å²) in [5.74, 6) is 0.551. The topological polar surface area (TPSA) is 51.1 Å². The Kier molecular flexibility index (Phi) is 5.23. The van der Waals surface area contributed by atoms with Gasteiger partial charge in [-0.2, -0.15) is 0 Å². The van der Waals surface area contributed by atoms with E-state index in [4.69, 9.17) is 11.6 Å². The number of anilines is 1. The molecule has 4 nitrogen and oxygen atoms in total. The van der Waals surface area contributed by atoms with Crippen LogP contribution in [0.25, 0.3) is 22.0 Å². The van der Waals surface area contributed by atoms with Gasteiger partial charge in [-0.05, 0) is 42.7 Å². The number of para-hydroxylation sites is 1. The highest BCUT2D eigenvalue weighted by molar-refractivity contribution is 6.30. The van der Waals surface area contributed by atoms with Crippen LogP contribution < -0.4 is 10.7 Å². The third-order valence-electron chi connectivity index (χ3n) is 5.66. The quantitative estimate of drug-likeness (QED) is 0.648. The van der Waals surface area contributed by atoms with E-state index in [0.717, 1.165) is 36.8 Å². The van der Waals surface area contributed by atoms with Crippen molar-refractivity contribution in [3.63, 3.8) is 0 Å². The Morgan fingerprint density at radius 1 is 1.04 bits per heavy atom. The zero-order valence-corrected chi connectivity index (χ0v) is 16.6. The summed E-state index contributed by atoms with van der Waals surface area (Å²) < 4.78 is 1.90. The van der Waals surface area contributed by atoms with Crippen LogP contribution in [0.2, 0.25) is 5.02 Å². The molecule has 0 radical (unpaired) electrons. The molecule has 0 aliphatic heterocycles. The monoisotopic (exact) mass is 394 g/mol. The molecule has 1 aliphatic rings. The molecule has 3 aromatic rings. The number of hydrogen-bond acceptors (Lipinski definition) is 2. The van der Waals surface area contributed by atoms with Gasteiger partial charge in [-0.25, -0.2) is 0 Å². The van der Waals surface area contributed by atoms with Crippen molar-refractivity contribution in [1.29, 1.82) is 0 Å². The second kappa shape index (κ2) is 7.80. The van der Waals surface area contributed by atoms with Crippen LogP contribution >= 0.6 is 11.6 Å². The number of fused-ring (bicyclic) bond motifs is 1. The van der Waals surface area contributed by atoms with E-state index in [-0.39, 0.29) is 17.3 Å². The van der Waals surface area contributed by atoms with Crippen molar-refractivity contribution < 1.29 is 4.79 Å². The summed E-state index contributed by atoms with van der Waals surface area (Å²) in [6, 6.07) is 14.7. The van der Waals surface area contributed by atoms with E-state index < -0.39 is 0 Å². The van der Waals surface area contributed by atoms with Crippen LogP contribution in [0.5, 0.6) is 0 Å². The van der Waals surface area contributed by atoms with Gasteiger partial charge in [0.15, 0.2) is 5.43 Å². The van der Waals surface area contributed by atoms with Crippen molar-refractivity contribution in [2.24, 2.45) is 13.0 Å². The molecule has 4 rings (SSSR count). The Morgan fingerprint density at radius 2 is 1.71 bits per heavy atom. The minimum atomic E-state index is -0.0880. The molecule has 0 saturated heterocycles. The number of aromatic nitrogens is 1. The van der Waals surface area contributed by atoms with Crippen LogP contribution in [-0.4, -0.2) is 10.5 Å². The summed E-state index contributed by atoms with van der Waals surface area (Å²) in [6.07, 6.45) is 5.17. The van der Waals surface area contributed by atoms with Crippen LogP contribution in [0.15, 0.2) is 53.3 Å². The number of amides is 1.